The Morgan fingerprint density at radius 3 is 3.07 bits per heavy atom. The molecule has 0 radical (unpaired) electrons. The highest BCUT2D eigenvalue weighted by atomic mass is 32.1. The first-order chi connectivity index (χ1) is 6.74. The Kier molecular flexibility index (Phi) is 2.30. The minimum absolute atomic E-state index is 0.0749. The molecule has 0 saturated carbocycles. The number of thiol groups is 1. The van der Waals surface area contributed by atoms with Crippen molar-refractivity contribution in [3.63, 3.8) is 0 Å². The summed E-state index contributed by atoms with van der Waals surface area (Å²) in [7, 11) is 0. The predicted molar refractivity (Wildman–Crippen MR) is 58.9 cm³/mol. The van der Waals surface area contributed by atoms with Gasteiger partial charge in [0.05, 0.1) is 5.39 Å². The maximum absolute atomic E-state index is 11.7. The van der Waals surface area contributed by atoms with Gasteiger partial charge in [0.1, 0.15) is 10.4 Å². The first-order valence-electron chi connectivity index (χ1n) is 3.77. The number of rotatable bonds is 1. The smallest absolute Gasteiger partial charge is 0.266 e. The van der Waals surface area contributed by atoms with Crippen LogP contribution in [0.15, 0.2) is 22.4 Å². The lowest BCUT2D eigenvalue weighted by molar-refractivity contribution is 0.0984. The molecule has 0 unspecified atom stereocenters. The van der Waals surface area contributed by atoms with E-state index < -0.39 is 5.91 Å². The maximum atomic E-state index is 11.7. The summed E-state index contributed by atoms with van der Waals surface area (Å²) in [5.74, 6) is -0.498. The molecule has 0 aromatic carbocycles. The number of thiophene rings is 1. The van der Waals surface area contributed by atoms with Gasteiger partial charge in [-0.1, -0.05) is 12.8 Å². The number of carbonyl (C=O) groups is 1. The van der Waals surface area contributed by atoms with Crippen LogP contribution in [-0.2, 0) is 0 Å². The number of nitrogens with one attached hydrogen (secondary N) is 2. The molecule has 4 nitrogen and oxygen atoms in total. The Labute approximate surface area is 88.5 Å². The number of pyridine rings is 1. The number of amides is 1. The van der Waals surface area contributed by atoms with E-state index in [9.17, 15) is 9.59 Å². The highest BCUT2D eigenvalue weighted by Gasteiger charge is 2.11. The Morgan fingerprint density at radius 2 is 2.36 bits per heavy atom. The monoisotopic (exact) mass is 226 g/mol. The number of carbonyl (C=O) groups excluding carboxylic acids is 1. The summed E-state index contributed by atoms with van der Waals surface area (Å²) in [6.45, 7) is 0. The Bertz CT molecular complexity index is 544. The van der Waals surface area contributed by atoms with Gasteiger partial charge in [0.2, 0.25) is 5.43 Å². The van der Waals surface area contributed by atoms with Crippen LogP contribution < -0.4 is 10.2 Å². The molecule has 0 aliphatic rings. The highest BCUT2D eigenvalue weighted by molar-refractivity contribution is 7.78. The first-order valence-corrected chi connectivity index (χ1v) is 5.10. The van der Waals surface area contributed by atoms with Crippen LogP contribution in [0.4, 0.5) is 0 Å². The average molecular weight is 226 g/mol. The summed E-state index contributed by atoms with van der Waals surface area (Å²) in [5, 5.41) is 2.33. The van der Waals surface area contributed by atoms with Crippen molar-refractivity contribution in [3.05, 3.63) is 33.4 Å². The summed E-state index contributed by atoms with van der Waals surface area (Å²) < 4.78 is 2.12. The third kappa shape index (κ3) is 1.32. The summed E-state index contributed by atoms with van der Waals surface area (Å²) >= 11 is 5.03. The normalized spacial score (nSPS) is 10.4. The molecular formula is C8H6N2O2S2. The van der Waals surface area contributed by atoms with Crippen LogP contribution in [0.5, 0.6) is 0 Å². The van der Waals surface area contributed by atoms with Gasteiger partial charge in [-0.25, -0.2) is 0 Å². The highest BCUT2D eigenvalue weighted by Crippen LogP contribution is 2.14. The number of aromatic nitrogens is 1. The zero-order valence-electron chi connectivity index (χ0n) is 6.90. The summed E-state index contributed by atoms with van der Waals surface area (Å²) in [6, 6.07) is 1.69. The van der Waals surface area contributed by atoms with E-state index in [1.54, 1.807) is 11.4 Å². The molecule has 14 heavy (non-hydrogen) atoms. The summed E-state index contributed by atoms with van der Waals surface area (Å²) in [6.07, 6.45) is 1.40. The number of H-pyrrole nitrogens is 1. The van der Waals surface area contributed by atoms with Crippen molar-refractivity contribution in [1.82, 2.24) is 9.71 Å². The number of hydrogen-bond acceptors (Lipinski definition) is 4. The molecule has 0 aliphatic carbocycles. The molecule has 6 heteroatoms. The SMILES string of the molecule is O=C(NS)c1c[nH]c2sccc2c1=O. The van der Waals surface area contributed by atoms with Crippen molar-refractivity contribution in [3.8, 4) is 0 Å². The second-order valence-corrected chi connectivity index (χ2v) is 3.78. The molecule has 2 aromatic rings. The lowest BCUT2D eigenvalue weighted by Crippen LogP contribution is -2.22. The minimum atomic E-state index is -0.498. The van der Waals surface area contributed by atoms with Gasteiger partial charge in [0, 0.05) is 6.20 Å². The summed E-state index contributed by atoms with van der Waals surface area (Å²) in [4.78, 5) is 26.5. The van der Waals surface area contributed by atoms with Gasteiger partial charge in [0.25, 0.3) is 5.91 Å². The number of fused-ring (bicyclic) bond motifs is 1. The van der Waals surface area contributed by atoms with Gasteiger partial charge in [-0.05, 0) is 11.4 Å². The fraction of sp³-hybridized carbons (Fsp3) is 0. The minimum Gasteiger partial charge on any atom is -0.352 e. The van der Waals surface area contributed by atoms with E-state index >= 15 is 0 Å². The molecule has 1 amide bonds. The third-order valence-corrected chi connectivity index (χ3v) is 2.90. The second-order valence-electron chi connectivity index (χ2n) is 2.64. The fourth-order valence-electron chi connectivity index (χ4n) is 1.18. The van der Waals surface area contributed by atoms with Crippen LogP contribution in [-0.4, -0.2) is 10.9 Å². The Balaban J connectivity index is 2.74. The van der Waals surface area contributed by atoms with Gasteiger partial charge < -0.3 is 4.98 Å². The molecule has 0 fully saturated rings. The molecule has 2 heterocycles. The number of hydrogen-bond donors (Lipinski definition) is 3. The lowest BCUT2D eigenvalue weighted by Gasteiger charge is -1.97. The third-order valence-electron chi connectivity index (χ3n) is 1.85. The second kappa shape index (κ2) is 3.47. The van der Waals surface area contributed by atoms with Crippen LogP contribution in [0.25, 0.3) is 10.2 Å². The molecule has 0 bridgehead atoms. The number of aromatic amines is 1. The molecular weight excluding hydrogens is 220 g/mol. The lowest BCUT2D eigenvalue weighted by atomic mass is 10.2. The topological polar surface area (TPSA) is 62.0 Å². The van der Waals surface area contributed by atoms with E-state index in [-0.39, 0.29) is 11.0 Å². The zero-order valence-corrected chi connectivity index (χ0v) is 8.61. The van der Waals surface area contributed by atoms with E-state index in [1.165, 1.54) is 17.5 Å². The van der Waals surface area contributed by atoms with Gasteiger partial charge in [-0.15, -0.1) is 11.3 Å². The van der Waals surface area contributed by atoms with Crippen molar-refractivity contribution in [2.45, 2.75) is 0 Å². The zero-order chi connectivity index (χ0) is 10.1. The van der Waals surface area contributed by atoms with Crippen LogP contribution in [0.2, 0.25) is 0 Å². The van der Waals surface area contributed by atoms with Crippen LogP contribution in [0.1, 0.15) is 10.4 Å². The van der Waals surface area contributed by atoms with Crippen LogP contribution >= 0.6 is 24.2 Å². The van der Waals surface area contributed by atoms with Crippen LogP contribution in [0, 0.1) is 0 Å². The van der Waals surface area contributed by atoms with Crippen molar-refractivity contribution < 1.29 is 4.79 Å². The molecule has 72 valence electrons. The molecule has 0 aliphatic heterocycles. The van der Waals surface area contributed by atoms with E-state index in [4.69, 9.17) is 0 Å². The molecule has 2 rings (SSSR count). The largest absolute Gasteiger partial charge is 0.352 e. The predicted octanol–water partition coefficient (Wildman–Crippen LogP) is 1.16. The van der Waals surface area contributed by atoms with E-state index in [0.717, 1.165) is 4.83 Å². The molecule has 2 aromatic heterocycles. The molecule has 2 N–H and O–H groups in total. The van der Waals surface area contributed by atoms with Gasteiger partial charge >= 0.3 is 0 Å². The van der Waals surface area contributed by atoms with Crippen molar-refractivity contribution in [1.29, 1.82) is 0 Å². The molecule has 0 spiro atoms. The maximum Gasteiger partial charge on any atom is 0.266 e. The van der Waals surface area contributed by atoms with Crippen molar-refractivity contribution in [2.75, 3.05) is 0 Å². The average Bonchev–Trinajstić information content (AvgIpc) is 2.66. The van der Waals surface area contributed by atoms with Gasteiger partial charge in [0.15, 0.2) is 0 Å². The fourth-order valence-corrected chi connectivity index (χ4v) is 2.05. The van der Waals surface area contributed by atoms with Crippen molar-refractivity contribution in [2.24, 2.45) is 0 Å². The van der Waals surface area contributed by atoms with E-state index in [2.05, 4.69) is 22.5 Å². The standard InChI is InChI=1S/C8H6N2O2S2/c11-6-4-1-2-14-8(4)9-3-5(6)7(12)10-13/h1-3,13H,(H,9,11)(H,10,12). The van der Waals surface area contributed by atoms with E-state index in [1.807, 2.05) is 0 Å². The van der Waals surface area contributed by atoms with Crippen molar-refractivity contribution >= 4 is 40.3 Å². The molecule has 0 saturated heterocycles. The van der Waals surface area contributed by atoms with E-state index in [0.29, 0.717) is 5.39 Å². The Morgan fingerprint density at radius 1 is 1.57 bits per heavy atom. The first kappa shape index (κ1) is 9.29. The van der Waals surface area contributed by atoms with Gasteiger partial charge in [-0.3, -0.25) is 14.3 Å². The van der Waals surface area contributed by atoms with Gasteiger partial charge in [-0.2, -0.15) is 0 Å². The quantitative estimate of drug-likeness (QED) is 0.639. The molecule has 0 atom stereocenters. The van der Waals surface area contributed by atoms with Crippen LogP contribution in [0.3, 0.4) is 0 Å². The summed E-state index contributed by atoms with van der Waals surface area (Å²) in [5.41, 5.74) is -0.197. The Hall–Kier alpha value is -1.27.